The second-order valence-corrected chi connectivity index (χ2v) is 5.47. The molecule has 0 aromatic carbocycles. The molecule has 0 aliphatic heterocycles. The first-order valence-corrected chi connectivity index (χ1v) is 5.74. The van der Waals surface area contributed by atoms with E-state index in [4.69, 9.17) is 4.74 Å². The Hall–Kier alpha value is -0.0800. The summed E-state index contributed by atoms with van der Waals surface area (Å²) in [5, 5.41) is 10.3. The van der Waals surface area contributed by atoms with Crippen LogP contribution in [0.3, 0.4) is 0 Å². The highest BCUT2D eigenvalue weighted by molar-refractivity contribution is 4.97. The highest BCUT2D eigenvalue weighted by atomic mass is 16.5. The van der Waals surface area contributed by atoms with Gasteiger partial charge in [-0.25, -0.2) is 0 Å². The van der Waals surface area contributed by atoms with Gasteiger partial charge in [-0.3, -0.25) is 0 Å². The topological polar surface area (TPSA) is 29.5 Å². The number of rotatable bonds is 3. The molecule has 84 valence electrons. The van der Waals surface area contributed by atoms with Crippen molar-refractivity contribution in [2.24, 2.45) is 5.41 Å². The zero-order valence-electron chi connectivity index (χ0n) is 9.97. The molecule has 1 saturated carbocycles. The van der Waals surface area contributed by atoms with Gasteiger partial charge in [-0.2, -0.15) is 0 Å². The van der Waals surface area contributed by atoms with Gasteiger partial charge in [-0.1, -0.05) is 33.6 Å². The van der Waals surface area contributed by atoms with E-state index in [0.29, 0.717) is 6.61 Å². The van der Waals surface area contributed by atoms with Gasteiger partial charge in [0, 0.05) is 6.61 Å². The lowest BCUT2D eigenvalue weighted by molar-refractivity contribution is -0.151. The predicted molar refractivity (Wildman–Crippen MR) is 58.3 cm³/mol. The Morgan fingerprint density at radius 1 is 1.29 bits per heavy atom. The highest BCUT2D eigenvalue weighted by Gasteiger charge is 2.46. The van der Waals surface area contributed by atoms with E-state index >= 15 is 0 Å². The SMILES string of the molecule is CCOC1(C(O)C(C)(C)C)CCCC1. The van der Waals surface area contributed by atoms with Crippen LogP contribution in [0.1, 0.15) is 53.4 Å². The highest BCUT2D eigenvalue weighted by Crippen LogP contribution is 2.42. The third-order valence-corrected chi connectivity index (χ3v) is 3.20. The maximum atomic E-state index is 10.3. The molecule has 0 bridgehead atoms. The van der Waals surface area contributed by atoms with Crippen LogP contribution >= 0.6 is 0 Å². The summed E-state index contributed by atoms with van der Waals surface area (Å²) in [5.41, 5.74) is -0.341. The summed E-state index contributed by atoms with van der Waals surface area (Å²) in [7, 11) is 0. The van der Waals surface area contributed by atoms with Gasteiger partial charge in [0.05, 0.1) is 11.7 Å². The van der Waals surface area contributed by atoms with Crippen molar-refractivity contribution in [3.63, 3.8) is 0 Å². The molecule has 1 atom stereocenters. The van der Waals surface area contributed by atoms with E-state index in [9.17, 15) is 5.11 Å². The van der Waals surface area contributed by atoms with Gasteiger partial charge in [-0.15, -0.1) is 0 Å². The Morgan fingerprint density at radius 3 is 2.14 bits per heavy atom. The molecule has 0 saturated heterocycles. The third kappa shape index (κ3) is 2.29. The summed E-state index contributed by atoms with van der Waals surface area (Å²) in [6, 6.07) is 0. The average molecular weight is 200 g/mol. The van der Waals surface area contributed by atoms with E-state index in [0.717, 1.165) is 12.8 Å². The van der Waals surface area contributed by atoms with Crippen LogP contribution in [0.5, 0.6) is 0 Å². The van der Waals surface area contributed by atoms with E-state index in [1.807, 2.05) is 6.92 Å². The van der Waals surface area contributed by atoms with Crippen molar-refractivity contribution in [3.05, 3.63) is 0 Å². The summed E-state index contributed by atoms with van der Waals surface area (Å²) in [4.78, 5) is 0. The fraction of sp³-hybridized carbons (Fsp3) is 1.00. The van der Waals surface area contributed by atoms with Crippen molar-refractivity contribution < 1.29 is 9.84 Å². The van der Waals surface area contributed by atoms with Crippen molar-refractivity contribution in [1.29, 1.82) is 0 Å². The summed E-state index contributed by atoms with van der Waals surface area (Å²) < 4.78 is 5.83. The number of ether oxygens (including phenoxy) is 1. The molecule has 0 aromatic rings. The average Bonchev–Trinajstić information content (AvgIpc) is 2.52. The maximum Gasteiger partial charge on any atom is 0.0945 e. The lowest BCUT2D eigenvalue weighted by Crippen LogP contribution is -2.49. The van der Waals surface area contributed by atoms with Gasteiger partial charge in [-0.05, 0) is 25.2 Å². The summed E-state index contributed by atoms with van der Waals surface area (Å²) >= 11 is 0. The van der Waals surface area contributed by atoms with E-state index in [-0.39, 0.29) is 17.1 Å². The van der Waals surface area contributed by atoms with Crippen LogP contribution < -0.4 is 0 Å². The molecule has 1 aliphatic rings. The number of aliphatic hydroxyl groups is 1. The van der Waals surface area contributed by atoms with Crippen LogP contribution in [0.2, 0.25) is 0 Å². The largest absolute Gasteiger partial charge is 0.390 e. The number of hydrogen-bond acceptors (Lipinski definition) is 2. The van der Waals surface area contributed by atoms with Crippen LogP contribution in [-0.4, -0.2) is 23.4 Å². The first-order chi connectivity index (χ1) is 6.42. The zero-order valence-corrected chi connectivity index (χ0v) is 9.97. The molecule has 0 spiro atoms. The standard InChI is InChI=1S/C12H24O2/c1-5-14-12(8-6-7-9-12)10(13)11(2,3)4/h10,13H,5-9H2,1-4H3. The minimum Gasteiger partial charge on any atom is -0.390 e. The lowest BCUT2D eigenvalue weighted by Gasteiger charge is -2.41. The van der Waals surface area contributed by atoms with Gasteiger partial charge in [0.25, 0.3) is 0 Å². The fourth-order valence-corrected chi connectivity index (χ4v) is 2.55. The van der Waals surface area contributed by atoms with Gasteiger partial charge in [0.2, 0.25) is 0 Å². The summed E-state index contributed by atoms with van der Waals surface area (Å²) in [5.74, 6) is 0. The molecule has 1 N–H and O–H groups in total. The van der Waals surface area contributed by atoms with E-state index in [1.54, 1.807) is 0 Å². The Balaban J connectivity index is 2.76. The van der Waals surface area contributed by atoms with Crippen LogP contribution in [-0.2, 0) is 4.74 Å². The minimum absolute atomic E-state index is 0.0838. The Bertz CT molecular complexity index is 175. The van der Waals surface area contributed by atoms with Gasteiger partial charge in [0.1, 0.15) is 0 Å². The molecule has 1 aliphatic carbocycles. The zero-order chi connectivity index (χ0) is 10.8. The van der Waals surface area contributed by atoms with Crippen LogP contribution in [0.15, 0.2) is 0 Å². The molecule has 0 amide bonds. The van der Waals surface area contributed by atoms with Gasteiger partial charge in [0.15, 0.2) is 0 Å². The Morgan fingerprint density at radius 2 is 1.79 bits per heavy atom. The van der Waals surface area contributed by atoms with Crippen molar-refractivity contribution in [3.8, 4) is 0 Å². The van der Waals surface area contributed by atoms with Gasteiger partial charge < -0.3 is 9.84 Å². The van der Waals surface area contributed by atoms with Crippen molar-refractivity contribution in [2.45, 2.75) is 65.1 Å². The van der Waals surface area contributed by atoms with Crippen LogP contribution in [0.4, 0.5) is 0 Å². The number of aliphatic hydroxyl groups excluding tert-OH is 1. The molecule has 0 radical (unpaired) electrons. The molecule has 1 fully saturated rings. The second-order valence-electron chi connectivity index (χ2n) is 5.47. The molecule has 1 rings (SSSR count). The van der Waals surface area contributed by atoms with Crippen molar-refractivity contribution in [2.75, 3.05) is 6.61 Å². The molecule has 14 heavy (non-hydrogen) atoms. The summed E-state index contributed by atoms with van der Waals surface area (Å²) in [6.07, 6.45) is 4.05. The van der Waals surface area contributed by atoms with Crippen LogP contribution in [0, 0.1) is 5.41 Å². The van der Waals surface area contributed by atoms with Crippen LogP contribution in [0.25, 0.3) is 0 Å². The van der Waals surface area contributed by atoms with Crippen molar-refractivity contribution >= 4 is 0 Å². The smallest absolute Gasteiger partial charge is 0.0945 e. The third-order valence-electron chi connectivity index (χ3n) is 3.20. The van der Waals surface area contributed by atoms with E-state index in [1.165, 1.54) is 12.8 Å². The first-order valence-electron chi connectivity index (χ1n) is 5.74. The lowest BCUT2D eigenvalue weighted by atomic mass is 9.77. The number of hydrogen-bond donors (Lipinski definition) is 1. The normalized spacial score (nSPS) is 23.8. The van der Waals surface area contributed by atoms with E-state index < -0.39 is 0 Å². The quantitative estimate of drug-likeness (QED) is 0.759. The molecule has 0 heterocycles. The van der Waals surface area contributed by atoms with E-state index in [2.05, 4.69) is 20.8 Å². The van der Waals surface area contributed by atoms with Gasteiger partial charge >= 0.3 is 0 Å². The Labute approximate surface area is 87.7 Å². The van der Waals surface area contributed by atoms with Crippen molar-refractivity contribution in [1.82, 2.24) is 0 Å². The molecule has 0 aromatic heterocycles. The fourth-order valence-electron chi connectivity index (χ4n) is 2.55. The maximum absolute atomic E-state index is 10.3. The molecule has 2 heteroatoms. The molecular formula is C12H24O2. The molecule has 2 nitrogen and oxygen atoms in total. The minimum atomic E-state index is -0.350. The monoisotopic (exact) mass is 200 g/mol. The molecular weight excluding hydrogens is 176 g/mol. The first kappa shape index (κ1) is 12.0. The molecule has 1 unspecified atom stereocenters. The Kier molecular flexibility index (Phi) is 3.59. The summed E-state index contributed by atoms with van der Waals surface area (Å²) in [6.45, 7) is 8.95. The predicted octanol–water partition coefficient (Wildman–Crippen LogP) is 2.74. The second kappa shape index (κ2) is 4.19.